The number of piperidine rings is 1. The van der Waals surface area contributed by atoms with Crippen LogP contribution in [0.15, 0.2) is 66.9 Å². The number of halogens is 1. The van der Waals surface area contributed by atoms with Gasteiger partial charge in [0.25, 0.3) is 5.91 Å². The smallest absolute Gasteiger partial charge is 0.259 e. The van der Waals surface area contributed by atoms with E-state index in [0.717, 1.165) is 47.2 Å². The molecule has 3 aromatic rings. The lowest BCUT2D eigenvalue weighted by atomic mass is 9.72. The van der Waals surface area contributed by atoms with Crippen LogP contribution in [0.5, 0.6) is 0 Å². The van der Waals surface area contributed by atoms with Gasteiger partial charge in [-0.25, -0.2) is 4.39 Å². The summed E-state index contributed by atoms with van der Waals surface area (Å²) in [5.41, 5.74) is 11.3. The zero-order valence-electron chi connectivity index (χ0n) is 22.4. The van der Waals surface area contributed by atoms with Gasteiger partial charge in [0.1, 0.15) is 0 Å². The maximum absolute atomic E-state index is 15.3. The Morgan fingerprint density at radius 1 is 1.05 bits per heavy atom. The Bertz CT molecular complexity index is 1400. The van der Waals surface area contributed by atoms with Crippen LogP contribution in [0.3, 0.4) is 0 Å². The first-order chi connectivity index (χ1) is 19.3. The van der Waals surface area contributed by atoms with Crippen LogP contribution in [0.1, 0.15) is 50.5 Å². The van der Waals surface area contributed by atoms with E-state index in [1.165, 1.54) is 0 Å². The molecule has 0 spiro atoms. The second kappa shape index (κ2) is 10.8. The summed E-state index contributed by atoms with van der Waals surface area (Å²) in [6.07, 6.45) is 5.15. The van der Waals surface area contributed by atoms with Crippen molar-refractivity contribution in [3.8, 4) is 22.4 Å². The maximum atomic E-state index is 15.3. The molecule has 1 amide bonds. The van der Waals surface area contributed by atoms with Crippen molar-refractivity contribution < 1.29 is 17.9 Å². The number of nitrogens with two attached hydrogens (primary N) is 1. The fraction of sp³-hybridized carbons (Fsp3) is 0.419. The van der Waals surface area contributed by atoms with Gasteiger partial charge in [-0.2, -0.15) is 0 Å². The molecule has 1 aliphatic heterocycles. The number of likely N-dealkylation sites (tertiary alicyclic amines) is 1. The van der Waals surface area contributed by atoms with Crippen LogP contribution >= 0.6 is 0 Å². The lowest BCUT2D eigenvalue weighted by Crippen LogP contribution is -2.47. The van der Waals surface area contributed by atoms with Crippen LogP contribution in [0.4, 0.5) is 10.1 Å². The number of hydrogen-bond donors (Lipinski definition) is 2. The predicted molar refractivity (Wildman–Crippen MR) is 154 cm³/mol. The number of carbonyl (C=O) groups excluding carboxylic acids is 1. The maximum Gasteiger partial charge on any atom is 0.259 e. The highest BCUT2D eigenvalue weighted by molar-refractivity contribution is 7.80. The van der Waals surface area contributed by atoms with Crippen LogP contribution < -0.4 is 11.1 Å². The Hall–Kier alpha value is -2.98. The van der Waals surface area contributed by atoms with Crippen LogP contribution in [-0.4, -0.2) is 48.7 Å². The van der Waals surface area contributed by atoms with Gasteiger partial charge >= 0.3 is 0 Å². The van der Waals surface area contributed by atoms with Crippen molar-refractivity contribution in [1.29, 1.82) is 0 Å². The van der Waals surface area contributed by atoms with Crippen LogP contribution in [-0.2, 0) is 21.4 Å². The van der Waals surface area contributed by atoms with Crippen LogP contribution in [0, 0.1) is 5.92 Å². The van der Waals surface area contributed by atoms with E-state index in [-0.39, 0.29) is 5.54 Å². The van der Waals surface area contributed by atoms with Gasteiger partial charge in [0.15, 0.2) is 6.17 Å². The molecule has 2 aromatic carbocycles. The highest BCUT2D eigenvalue weighted by atomic mass is 32.2. The molecular weight excluding hydrogens is 527 g/mol. The van der Waals surface area contributed by atoms with Gasteiger partial charge in [0, 0.05) is 22.6 Å². The molecule has 2 atom stereocenters. The van der Waals surface area contributed by atoms with Gasteiger partial charge in [0.05, 0.1) is 22.4 Å². The quantitative estimate of drug-likeness (QED) is 0.370. The van der Waals surface area contributed by atoms with Crippen molar-refractivity contribution in [3.05, 3.63) is 72.4 Å². The first kappa shape index (κ1) is 27.2. The molecule has 7 nitrogen and oxygen atoms in total. The van der Waals surface area contributed by atoms with E-state index in [0.29, 0.717) is 44.5 Å². The van der Waals surface area contributed by atoms with Crippen molar-refractivity contribution in [2.75, 3.05) is 18.4 Å². The standard InChI is InChI=1S/C31H35FN4O3S/c32-27(22-11-17-36(18-12-22)31(15-16-31)40(38)39)29(37)35-25-19-26(21-5-2-1-3-6-21)28(34-20-25)23-7-9-24(10-8-23)30(33)13-4-14-30/h1-3,5-10,19-20,22,27H,4,11-18,33H2,(H,35,37)(H,38,39)/p-1/t27-/m0/s1. The fourth-order valence-electron chi connectivity index (χ4n) is 6.13. The van der Waals surface area contributed by atoms with Crippen LogP contribution in [0.2, 0.25) is 0 Å². The minimum absolute atomic E-state index is 0.240. The molecular formula is C31H34FN4O3S-. The van der Waals surface area contributed by atoms with Gasteiger partial charge in [-0.15, -0.1) is 0 Å². The Labute approximate surface area is 236 Å². The van der Waals surface area contributed by atoms with Gasteiger partial charge < -0.3 is 15.6 Å². The first-order valence-electron chi connectivity index (χ1n) is 14.0. The SMILES string of the molecule is NC1(c2ccc(-c3ncc(NC(=O)[C@@H](F)C4CCN(C5(S(=O)[O-])CC5)CC4)cc3-c3ccccc3)cc2)CCC1. The molecule has 1 unspecified atom stereocenters. The summed E-state index contributed by atoms with van der Waals surface area (Å²) in [6.45, 7) is 0.954. The second-order valence-corrected chi connectivity index (χ2v) is 12.7. The summed E-state index contributed by atoms with van der Waals surface area (Å²) in [7, 11) is 0. The van der Waals surface area contributed by atoms with E-state index in [1.807, 2.05) is 53.4 Å². The molecule has 0 bridgehead atoms. The Balaban J connectivity index is 1.18. The summed E-state index contributed by atoms with van der Waals surface area (Å²) in [6, 6.07) is 19.8. The lowest BCUT2D eigenvalue weighted by molar-refractivity contribution is -0.123. The van der Waals surface area contributed by atoms with E-state index in [2.05, 4.69) is 17.4 Å². The number of amides is 1. The van der Waals surface area contributed by atoms with Gasteiger partial charge in [-0.05, 0) is 86.3 Å². The number of nitrogens with one attached hydrogen (secondary N) is 1. The Kier molecular flexibility index (Phi) is 7.33. The summed E-state index contributed by atoms with van der Waals surface area (Å²) < 4.78 is 38.6. The molecule has 1 aromatic heterocycles. The number of benzene rings is 2. The molecule has 9 heteroatoms. The average Bonchev–Trinajstić information content (AvgIpc) is 3.79. The summed E-state index contributed by atoms with van der Waals surface area (Å²) >= 11 is -2.17. The highest BCUT2D eigenvalue weighted by Gasteiger charge is 2.50. The molecule has 2 aliphatic carbocycles. The van der Waals surface area contributed by atoms with E-state index < -0.39 is 33.9 Å². The average molecular weight is 562 g/mol. The number of anilines is 1. The van der Waals surface area contributed by atoms with E-state index in [9.17, 15) is 13.6 Å². The van der Waals surface area contributed by atoms with Gasteiger partial charge in [-0.1, -0.05) is 54.6 Å². The number of aromatic nitrogens is 1. The largest absolute Gasteiger partial charge is 0.771 e. The van der Waals surface area contributed by atoms with E-state index >= 15 is 4.39 Å². The van der Waals surface area contributed by atoms with E-state index in [1.54, 1.807) is 6.20 Å². The van der Waals surface area contributed by atoms with Crippen molar-refractivity contribution in [2.45, 2.75) is 61.5 Å². The lowest BCUT2D eigenvalue weighted by Gasteiger charge is -2.39. The minimum Gasteiger partial charge on any atom is -0.771 e. The Morgan fingerprint density at radius 3 is 2.30 bits per heavy atom. The normalized spacial score (nSPS) is 21.7. The molecule has 210 valence electrons. The monoisotopic (exact) mass is 561 g/mol. The molecule has 3 aliphatic rings. The number of nitrogens with zero attached hydrogens (tertiary/aromatic N) is 2. The number of hydrogen-bond acceptors (Lipinski definition) is 6. The number of pyridine rings is 1. The van der Waals surface area contributed by atoms with Crippen molar-refractivity contribution in [3.63, 3.8) is 0 Å². The topological polar surface area (TPSA) is 111 Å². The fourth-order valence-corrected chi connectivity index (χ4v) is 6.96. The summed E-state index contributed by atoms with van der Waals surface area (Å²) in [5, 5.41) is 2.74. The number of alkyl halides is 1. The molecule has 6 rings (SSSR count). The van der Waals surface area contributed by atoms with Crippen molar-refractivity contribution in [1.82, 2.24) is 9.88 Å². The summed E-state index contributed by atoms with van der Waals surface area (Å²) in [4.78, 5) is 18.8. The molecule has 1 saturated heterocycles. The zero-order chi connectivity index (χ0) is 27.9. The molecule has 3 N–H and O–H groups in total. The predicted octanol–water partition coefficient (Wildman–Crippen LogP) is 5.11. The van der Waals surface area contributed by atoms with Crippen LogP contribution in [0.25, 0.3) is 22.4 Å². The summed E-state index contributed by atoms with van der Waals surface area (Å²) in [5.74, 6) is -1.15. The van der Waals surface area contributed by atoms with Gasteiger partial charge in [-0.3, -0.25) is 18.9 Å². The molecule has 0 radical (unpaired) electrons. The van der Waals surface area contributed by atoms with E-state index in [4.69, 9.17) is 10.7 Å². The Morgan fingerprint density at radius 2 is 1.73 bits per heavy atom. The minimum atomic E-state index is -2.17. The van der Waals surface area contributed by atoms with Crippen molar-refractivity contribution >= 4 is 22.7 Å². The third kappa shape index (κ3) is 5.11. The molecule has 2 heterocycles. The molecule has 40 heavy (non-hydrogen) atoms. The number of rotatable bonds is 8. The number of carbonyl (C=O) groups is 1. The molecule has 3 fully saturated rings. The first-order valence-corrected chi connectivity index (χ1v) is 15.1. The third-order valence-corrected chi connectivity index (χ3v) is 10.3. The third-order valence-electron chi connectivity index (χ3n) is 8.99. The highest BCUT2D eigenvalue weighted by Crippen LogP contribution is 2.46. The van der Waals surface area contributed by atoms with Crippen molar-refractivity contribution in [2.24, 2.45) is 11.7 Å². The van der Waals surface area contributed by atoms with Gasteiger partial charge in [0.2, 0.25) is 0 Å². The second-order valence-electron chi connectivity index (χ2n) is 11.5. The zero-order valence-corrected chi connectivity index (χ0v) is 23.2. The molecule has 2 saturated carbocycles.